The number of hydrogen-bond acceptors (Lipinski definition) is 3. The Bertz CT molecular complexity index is 179. The topological polar surface area (TPSA) is 61.3 Å². The standard InChI is InChI=1S/C7H12BN2O/c9-5-11-8-6-3-1-2-4-7(6)10/h1-2,4,6H,3,5,9-10H2. The Morgan fingerprint density at radius 2 is 2.55 bits per heavy atom. The van der Waals surface area contributed by atoms with E-state index >= 15 is 0 Å². The van der Waals surface area contributed by atoms with E-state index in [1.807, 2.05) is 12.2 Å². The molecule has 0 aromatic carbocycles. The van der Waals surface area contributed by atoms with Gasteiger partial charge in [0.25, 0.3) is 0 Å². The maximum atomic E-state index is 5.68. The van der Waals surface area contributed by atoms with Crippen LogP contribution in [0.25, 0.3) is 0 Å². The van der Waals surface area contributed by atoms with E-state index < -0.39 is 0 Å². The molecule has 0 aromatic heterocycles. The van der Waals surface area contributed by atoms with Crippen molar-refractivity contribution in [1.29, 1.82) is 0 Å². The van der Waals surface area contributed by atoms with E-state index in [1.54, 1.807) is 7.48 Å². The Kier molecular flexibility index (Phi) is 3.20. The summed E-state index contributed by atoms with van der Waals surface area (Å²) >= 11 is 0. The summed E-state index contributed by atoms with van der Waals surface area (Å²) in [5.74, 6) is 0.198. The van der Waals surface area contributed by atoms with Crippen molar-refractivity contribution in [2.45, 2.75) is 12.2 Å². The molecule has 59 valence electrons. The van der Waals surface area contributed by atoms with Gasteiger partial charge in [-0.3, -0.25) is 0 Å². The van der Waals surface area contributed by atoms with Crippen LogP contribution in [0.4, 0.5) is 0 Å². The molecule has 0 saturated heterocycles. The SMILES string of the molecule is NCO[B]C1CC=CC=C1N. The van der Waals surface area contributed by atoms with Crippen LogP contribution in [0.3, 0.4) is 0 Å². The maximum Gasteiger partial charge on any atom is 0.304 e. The van der Waals surface area contributed by atoms with E-state index in [9.17, 15) is 0 Å². The van der Waals surface area contributed by atoms with Crippen LogP contribution in [0.5, 0.6) is 0 Å². The first kappa shape index (κ1) is 8.36. The highest BCUT2D eigenvalue weighted by Crippen LogP contribution is 2.20. The number of rotatable bonds is 3. The first-order chi connectivity index (χ1) is 5.34. The predicted octanol–water partition coefficient (Wildman–Crippen LogP) is 0.129. The molecule has 0 spiro atoms. The molecule has 0 aromatic rings. The summed E-state index contributed by atoms with van der Waals surface area (Å²) in [6, 6.07) is 0. The lowest BCUT2D eigenvalue weighted by Crippen LogP contribution is -2.19. The van der Waals surface area contributed by atoms with Crippen molar-refractivity contribution in [3.63, 3.8) is 0 Å². The van der Waals surface area contributed by atoms with Crippen LogP contribution in [-0.2, 0) is 4.65 Å². The molecule has 0 aliphatic heterocycles. The van der Waals surface area contributed by atoms with Crippen LogP contribution in [-0.4, -0.2) is 14.2 Å². The van der Waals surface area contributed by atoms with Crippen molar-refractivity contribution >= 4 is 7.48 Å². The zero-order chi connectivity index (χ0) is 8.10. The van der Waals surface area contributed by atoms with Gasteiger partial charge >= 0.3 is 7.48 Å². The second kappa shape index (κ2) is 4.21. The number of hydrogen-bond donors (Lipinski definition) is 2. The van der Waals surface area contributed by atoms with E-state index in [2.05, 4.69) is 6.08 Å². The smallest absolute Gasteiger partial charge is 0.304 e. The molecule has 0 saturated carbocycles. The molecule has 4 heteroatoms. The van der Waals surface area contributed by atoms with Crippen LogP contribution >= 0.6 is 0 Å². The summed E-state index contributed by atoms with van der Waals surface area (Å²) in [6.45, 7) is 0.216. The molecule has 1 aliphatic carbocycles. The maximum absolute atomic E-state index is 5.68. The van der Waals surface area contributed by atoms with Crippen molar-refractivity contribution in [2.24, 2.45) is 11.5 Å². The Labute approximate surface area is 67.4 Å². The van der Waals surface area contributed by atoms with Gasteiger partial charge in [0.05, 0.1) is 6.73 Å². The van der Waals surface area contributed by atoms with Gasteiger partial charge in [-0.15, -0.1) is 0 Å². The van der Waals surface area contributed by atoms with E-state index in [-0.39, 0.29) is 12.5 Å². The van der Waals surface area contributed by atoms with Crippen molar-refractivity contribution in [3.8, 4) is 0 Å². The molecular formula is C7H12BN2O. The van der Waals surface area contributed by atoms with E-state index in [0.29, 0.717) is 0 Å². The first-order valence-electron chi connectivity index (χ1n) is 3.62. The molecule has 1 aliphatic rings. The molecule has 1 atom stereocenters. The van der Waals surface area contributed by atoms with Crippen molar-refractivity contribution in [3.05, 3.63) is 23.9 Å². The summed E-state index contributed by atoms with van der Waals surface area (Å²) in [6.07, 6.45) is 6.78. The third-order valence-electron chi connectivity index (χ3n) is 1.60. The van der Waals surface area contributed by atoms with Crippen molar-refractivity contribution in [2.75, 3.05) is 6.73 Å². The minimum atomic E-state index is 0.198. The van der Waals surface area contributed by atoms with Gasteiger partial charge in [-0.2, -0.15) is 0 Å². The fourth-order valence-electron chi connectivity index (χ4n) is 0.970. The molecule has 1 radical (unpaired) electrons. The minimum absolute atomic E-state index is 0.198. The van der Waals surface area contributed by atoms with Gasteiger partial charge in [-0.25, -0.2) is 0 Å². The summed E-state index contributed by atoms with van der Waals surface area (Å²) in [7, 11) is 1.69. The van der Waals surface area contributed by atoms with Crippen LogP contribution < -0.4 is 11.5 Å². The molecule has 0 amide bonds. The average molecular weight is 151 g/mol. The third-order valence-corrected chi connectivity index (χ3v) is 1.60. The Balaban J connectivity index is 2.35. The predicted molar refractivity (Wildman–Crippen MR) is 45.7 cm³/mol. The van der Waals surface area contributed by atoms with Crippen LogP contribution in [0.15, 0.2) is 23.9 Å². The van der Waals surface area contributed by atoms with Gasteiger partial charge in [0.1, 0.15) is 0 Å². The van der Waals surface area contributed by atoms with Crippen molar-refractivity contribution in [1.82, 2.24) is 0 Å². The number of allylic oxidation sites excluding steroid dienone is 4. The van der Waals surface area contributed by atoms with Gasteiger partial charge in [0.15, 0.2) is 0 Å². The lowest BCUT2D eigenvalue weighted by molar-refractivity contribution is 0.343. The largest absolute Gasteiger partial charge is 0.428 e. The molecule has 4 N–H and O–H groups in total. The van der Waals surface area contributed by atoms with Crippen molar-refractivity contribution < 1.29 is 4.65 Å². The van der Waals surface area contributed by atoms with Gasteiger partial charge in [0, 0.05) is 11.5 Å². The Morgan fingerprint density at radius 3 is 3.18 bits per heavy atom. The fraction of sp³-hybridized carbons (Fsp3) is 0.429. The summed E-state index contributed by atoms with van der Waals surface area (Å²) < 4.78 is 4.94. The summed E-state index contributed by atoms with van der Waals surface area (Å²) in [4.78, 5) is 0. The second-order valence-corrected chi connectivity index (χ2v) is 2.41. The van der Waals surface area contributed by atoms with Gasteiger partial charge in [-0.05, 0) is 12.5 Å². The van der Waals surface area contributed by atoms with Crippen LogP contribution in [0, 0.1) is 0 Å². The minimum Gasteiger partial charge on any atom is -0.428 e. The summed E-state index contributed by atoms with van der Waals surface area (Å²) in [5.41, 5.74) is 11.7. The molecule has 0 fully saturated rings. The number of nitrogens with two attached hydrogens (primary N) is 2. The Hall–Kier alpha value is -0.735. The molecular weight excluding hydrogens is 139 g/mol. The first-order valence-corrected chi connectivity index (χ1v) is 3.62. The zero-order valence-electron chi connectivity index (χ0n) is 6.36. The molecule has 0 bridgehead atoms. The molecule has 3 nitrogen and oxygen atoms in total. The normalized spacial score (nSPS) is 23.0. The lowest BCUT2D eigenvalue weighted by atomic mass is 9.74. The summed E-state index contributed by atoms with van der Waals surface area (Å²) in [5, 5.41) is 0. The lowest BCUT2D eigenvalue weighted by Gasteiger charge is -2.15. The molecule has 0 heterocycles. The molecule has 11 heavy (non-hydrogen) atoms. The highest BCUT2D eigenvalue weighted by Gasteiger charge is 2.14. The van der Waals surface area contributed by atoms with Gasteiger partial charge in [0.2, 0.25) is 0 Å². The monoisotopic (exact) mass is 151 g/mol. The van der Waals surface area contributed by atoms with Crippen LogP contribution in [0.2, 0.25) is 5.82 Å². The van der Waals surface area contributed by atoms with Gasteiger partial charge in [-0.1, -0.05) is 12.2 Å². The zero-order valence-corrected chi connectivity index (χ0v) is 6.36. The van der Waals surface area contributed by atoms with Gasteiger partial charge < -0.3 is 16.1 Å². The second-order valence-electron chi connectivity index (χ2n) is 2.41. The van der Waals surface area contributed by atoms with E-state index in [0.717, 1.165) is 12.1 Å². The van der Waals surface area contributed by atoms with E-state index in [4.69, 9.17) is 16.1 Å². The quantitative estimate of drug-likeness (QED) is 0.445. The van der Waals surface area contributed by atoms with E-state index in [1.165, 1.54) is 0 Å². The fourth-order valence-corrected chi connectivity index (χ4v) is 0.970. The molecule has 1 rings (SSSR count). The highest BCUT2D eigenvalue weighted by atomic mass is 16.4. The third kappa shape index (κ3) is 2.40. The highest BCUT2D eigenvalue weighted by molar-refractivity contribution is 6.31. The molecule has 1 unspecified atom stereocenters. The average Bonchev–Trinajstić information content (AvgIpc) is 2.03. The van der Waals surface area contributed by atoms with Crippen LogP contribution in [0.1, 0.15) is 6.42 Å². The Morgan fingerprint density at radius 1 is 1.73 bits per heavy atom.